The van der Waals surface area contributed by atoms with Crippen molar-refractivity contribution in [3.05, 3.63) is 47.5 Å². The number of anilines is 1. The molecule has 9 nitrogen and oxygen atoms in total. The van der Waals surface area contributed by atoms with Gasteiger partial charge in [0.1, 0.15) is 23.0 Å². The first kappa shape index (κ1) is 24.5. The van der Waals surface area contributed by atoms with Gasteiger partial charge in [-0.3, -0.25) is 9.59 Å². The van der Waals surface area contributed by atoms with E-state index >= 15 is 0 Å². The maximum absolute atomic E-state index is 13.0. The molecule has 3 heterocycles. The second kappa shape index (κ2) is 9.53. The van der Waals surface area contributed by atoms with Gasteiger partial charge in [-0.05, 0) is 25.2 Å². The summed E-state index contributed by atoms with van der Waals surface area (Å²) in [5.74, 6) is -0.0177. The predicted molar refractivity (Wildman–Crippen MR) is 122 cm³/mol. The first-order chi connectivity index (χ1) is 16.6. The van der Waals surface area contributed by atoms with E-state index in [9.17, 15) is 22.8 Å². The molecule has 1 fully saturated rings. The van der Waals surface area contributed by atoms with Crippen molar-refractivity contribution < 1.29 is 27.5 Å². The number of hydrogen-bond acceptors (Lipinski definition) is 6. The lowest BCUT2D eigenvalue weighted by Gasteiger charge is -2.32. The van der Waals surface area contributed by atoms with Crippen LogP contribution in [0, 0.1) is 0 Å². The van der Waals surface area contributed by atoms with Gasteiger partial charge < -0.3 is 24.4 Å². The van der Waals surface area contributed by atoms with E-state index in [2.05, 4.69) is 20.2 Å². The number of hydrogen-bond donors (Lipinski definition) is 1. The zero-order chi connectivity index (χ0) is 25.3. The molecule has 0 radical (unpaired) electrons. The number of amides is 2. The monoisotopic (exact) mass is 490 g/mol. The summed E-state index contributed by atoms with van der Waals surface area (Å²) >= 11 is 0. The number of nitrogens with one attached hydrogen (secondary N) is 1. The van der Waals surface area contributed by atoms with Crippen LogP contribution in [0.25, 0.3) is 11.0 Å². The van der Waals surface area contributed by atoms with Gasteiger partial charge in [-0.25, -0.2) is 9.97 Å². The number of methoxy groups -OCH3 is 1. The first-order valence-corrected chi connectivity index (χ1v) is 10.9. The van der Waals surface area contributed by atoms with E-state index in [-0.39, 0.29) is 29.5 Å². The van der Waals surface area contributed by atoms with Crippen LogP contribution in [0.5, 0.6) is 5.75 Å². The van der Waals surface area contributed by atoms with Crippen LogP contribution in [0.2, 0.25) is 0 Å². The maximum Gasteiger partial charge on any atom is 0.433 e. The Morgan fingerprint density at radius 2 is 1.80 bits per heavy atom. The smallest absolute Gasteiger partial charge is 0.433 e. The quantitative estimate of drug-likeness (QED) is 0.591. The molecule has 186 valence electrons. The number of carbonyl (C=O) groups is 2. The highest BCUT2D eigenvalue weighted by molar-refractivity contribution is 6.05. The minimum absolute atomic E-state index is 0.0207. The van der Waals surface area contributed by atoms with E-state index in [1.165, 1.54) is 13.2 Å². The topological polar surface area (TPSA) is 92.6 Å². The number of pyridine rings is 1. The van der Waals surface area contributed by atoms with Crippen LogP contribution in [-0.4, -0.2) is 76.5 Å². The van der Waals surface area contributed by atoms with E-state index < -0.39 is 17.8 Å². The second-order valence-corrected chi connectivity index (χ2v) is 8.35. The van der Waals surface area contributed by atoms with Gasteiger partial charge >= 0.3 is 6.18 Å². The Labute approximate surface area is 199 Å². The van der Waals surface area contributed by atoms with Crippen LogP contribution in [0.4, 0.5) is 18.9 Å². The van der Waals surface area contributed by atoms with Gasteiger partial charge in [0.2, 0.25) is 5.91 Å². The van der Waals surface area contributed by atoms with Crippen LogP contribution in [0.15, 0.2) is 30.3 Å². The Kier molecular flexibility index (Phi) is 6.66. The highest BCUT2D eigenvalue weighted by Crippen LogP contribution is 2.31. The lowest BCUT2D eigenvalue weighted by molar-refractivity contribution is -0.141. The molecule has 3 aromatic rings. The van der Waals surface area contributed by atoms with Gasteiger partial charge in [0.15, 0.2) is 0 Å². The summed E-state index contributed by atoms with van der Waals surface area (Å²) in [6.45, 7) is 2.95. The number of piperazine rings is 1. The second-order valence-electron chi connectivity index (χ2n) is 8.35. The molecule has 1 aliphatic rings. The Morgan fingerprint density at radius 3 is 2.46 bits per heavy atom. The van der Waals surface area contributed by atoms with Crippen molar-refractivity contribution in [1.82, 2.24) is 24.3 Å². The summed E-state index contributed by atoms with van der Waals surface area (Å²) in [6.07, 6.45) is -4.55. The van der Waals surface area contributed by atoms with Gasteiger partial charge in [0, 0.05) is 39.3 Å². The van der Waals surface area contributed by atoms with Crippen molar-refractivity contribution in [3.8, 4) is 5.75 Å². The number of nitrogens with zero attached hydrogens (tertiary/aromatic N) is 5. The summed E-state index contributed by atoms with van der Waals surface area (Å²) in [6, 6.07) is 6.33. The summed E-state index contributed by atoms with van der Waals surface area (Å²) in [5.41, 5.74) is -0.122. The molecule has 1 N–H and O–H groups in total. The van der Waals surface area contributed by atoms with Gasteiger partial charge in [0.05, 0.1) is 30.3 Å². The summed E-state index contributed by atoms with van der Waals surface area (Å²) in [4.78, 5) is 37.4. The molecule has 2 amide bonds. The molecule has 0 bridgehead atoms. The Balaban J connectivity index is 1.58. The third-order valence-electron chi connectivity index (χ3n) is 5.98. The largest absolute Gasteiger partial charge is 0.494 e. The Hall–Kier alpha value is -3.67. The third-order valence-corrected chi connectivity index (χ3v) is 5.98. The zero-order valence-corrected chi connectivity index (χ0v) is 19.5. The Bertz CT molecular complexity index is 1270. The van der Waals surface area contributed by atoms with Crippen molar-refractivity contribution in [1.29, 1.82) is 0 Å². The first-order valence-electron chi connectivity index (χ1n) is 10.9. The number of fused-ring (bicyclic) bond motifs is 1. The highest BCUT2D eigenvalue weighted by atomic mass is 19.4. The van der Waals surface area contributed by atoms with E-state index in [0.29, 0.717) is 29.9 Å². The zero-order valence-electron chi connectivity index (χ0n) is 19.5. The molecule has 1 aromatic carbocycles. The molecule has 2 aromatic heterocycles. The average molecular weight is 490 g/mol. The standard InChI is InChI=1S/C23H25F3N6O3/c1-30-7-9-32(10-8-30)21(33)13-20-28-15-12-18(35-3)16(11-17(15)31(20)2)29-22(34)14-5-4-6-19(27-14)23(24,25)26/h4-6,11-12H,7-10,13H2,1-3H3,(H,29,34). The molecule has 0 spiro atoms. The molecule has 35 heavy (non-hydrogen) atoms. The number of aryl methyl sites for hydroxylation is 1. The van der Waals surface area contributed by atoms with Crippen molar-refractivity contribution >= 4 is 28.5 Å². The fourth-order valence-corrected chi connectivity index (χ4v) is 3.90. The molecule has 0 unspecified atom stereocenters. The predicted octanol–water partition coefficient (Wildman–Crippen LogP) is 2.56. The minimum atomic E-state index is -4.67. The number of imidazole rings is 1. The maximum atomic E-state index is 13.0. The lowest BCUT2D eigenvalue weighted by Crippen LogP contribution is -2.47. The molecule has 0 saturated carbocycles. The number of benzene rings is 1. The summed E-state index contributed by atoms with van der Waals surface area (Å²) in [5, 5.41) is 2.57. The number of likely N-dealkylation sites (N-methyl/N-ethyl adjacent to an activating group) is 1. The molecular formula is C23H25F3N6O3. The van der Waals surface area contributed by atoms with Gasteiger partial charge in [0.25, 0.3) is 5.91 Å². The average Bonchev–Trinajstić information content (AvgIpc) is 3.12. The number of halogens is 3. The van der Waals surface area contributed by atoms with Gasteiger partial charge in [-0.2, -0.15) is 13.2 Å². The van der Waals surface area contributed by atoms with Crippen LogP contribution in [0.1, 0.15) is 22.0 Å². The molecule has 12 heteroatoms. The van der Waals surface area contributed by atoms with E-state index in [4.69, 9.17) is 4.74 Å². The molecular weight excluding hydrogens is 465 g/mol. The SMILES string of the molecule is COc1cc2nc(CC(=O)N3CCN(C)CC3)n(C)c2cc1NC(=O)c1cccc(C(F)(F)F)n1. The van der Waals surface area contributed by atoms with E-state index in [1.54, 1.807) is 23.7 Å². The normalized spacial score (nSPS) is 14.9. The van der Waals surface area contributed by atoms with Crippen LogP contribution in [0.3, 0.4) is 0 Å². The molecule has 0 atom stereocenters. The van der Waals surface area contributed by atoms with Crippen LogP contribution in [-0.2, 0) is 24.4 Å². The lowest BCUT2D eigenvalue weighted by atomic mass is 10.2. The summed E-state index contributed by atoms with van der Waals surface area (Å²) < 4.78 is 46.0. The molecule has 1 saturated heterocycles. The van der Waals surface area contributed by atoms with E-state index in [0.717, 1.165) is 25.2 Å². The molecule has 4 rings (SSSR count). The number of rotatable bonds is 5. The van der Waals surface area contributed by atoms with Gasteiger partial charge in [-0.15, -0.1) is 0 Å². The molecule has 0 aliphatic carbocycles. The fourth-order valence-electron chi connectivity index (χ4n) is 3.90. The van der Waals surface area contributed by atoms with Crippen LogP contribution >= 0.6 is 0 Å². The van der Waals surface area contributed by atoms with E-state index in [1.807, 2.05) is 11.9 Å². The summed E-state index contributed by atoms with van der Waals surface area (Å²) in [7, 11) is 5.18. The minimum Gasteiger partial charge on any atom is -0.494 e. The number of carbonyl (C=O) groups excluding carboxylic acids is 2. The van der Waals surface area contributed by atoms with Crippen molar-refractivity contribution in [2.75, 3.05) is 45.7 Å². The van der Waals surface area contributed by atoms with Crippen LogP contribution < -0.4 is 10.1 Å². The van der Waals surface area contributed by atoms with Crippen molar-refractivity contribution in [2.45, 2.75) is 12.6 Å². The van der Waals surface area contributed by atoms with Gasteiger partial charge in [-0.1, -0.05) is 6.07 Å². The third kappa shape index (κ3) is 5.21. The number of aromatic nitrogens is 3. The number of ether oxygens (including phenoxy) is 1. The van der Waals surface area contributed by atoms with Crippen molar-refractivity contribution in [2.24, 2.45) is 7.05 Å². The fraction of sp³-hybridized carbons (Fsp3) is 0.391. The number of alkyl halides is 3. The Morgan fingerprint density at radius 1 is 1.09 bits per heavy atom. The highest BCUT2D eigenvalue weighted by Gasteiger charge is 2.33. The van der Waals surface area contributed by atoms with Crippen molar-refractivity contribution in [3.63, 3.8) is 0 Å². The molecule has 1 aliphatic heterocycles.